The van der Waals surface area contributed by atoms with Crippen LogP contribution in [0.1, 0.15) is 37.8 Å². The number of carbonyl (C=O) groups excluding carboxylic acids is 2. The minimum atomic E-state index is -0.327. The van der Waals surface area contributed by atoms with Gasteiger partial charge in [0.25, 0.3) is 0 Å². The molecule has 154 valence electrons. The largest absolute Gasteiger partial charge is 0.342 e. The fraction of sp³-hybridized carbons (Fsp3) is 0.417. The van der Waals surface area contributed by atoms with Crippen molar-refractivity contribution in [3.05, 3.63) is 71.5 Å². The second kappa shape index (κ2) is 9.68. The number of carbonyl (C=O) groups is 2. The first-order valence-corrected chi connectivity index (χ1v) is 10.3. The first kappa shape index (κ1) is 21.0. The van der Waals surface area contributed by atoms with Gasteiger partial charge in [0.15, 0.2) is 0 Å². The van der Waals surface area contributed by atoms with Gasteiger partial charge < -0.3 is 9.80 Å². The highest BCUT2D eigenvalue weighted by atomic mass is 19.1. The fourth-order valence-electron chi connectivity index (χ4n) is 3.84. The Balaban J connectivity index is 1.55. The Morgan fingerprint density at radius 2 is 1.69 bits per heavy atom. The zero-order valence-corrected chi connectivity index (χ0v) is 17.2. The third-order valence-electron chi connectivity index (χ3n) is 5.54. The summed E-state index contributed by atoms with van der Waals surface area (Å²) in [5, 5.41) is 0. The molecular formula is C24H29FN2O2. The lowest BCUT2D eigenvalue weighted by molar-refractivity contribution is -0.142. The molecule has 0 aromatic heterocycles. The molecule has 0 unspecified atom stereocenters. The zero-order valence-electron chi connectivity index (χ0n) is 17.2. The lowest BCUT2D eigenvalue weighted by Gasteiger charge is -2.36. The van der Waals surface area contributed by atoms with E-state index < -0.39 is 0 Å². The van der Waals surface area contributed by atoms with E-state index in [4.69, 9.17) is 0 Å². The number of rotatable bonds is 6. The summed E-state index contributed by atoms with van der Waals surface area (Å²) < 4.78 is 13.3. The van der Waals surface area contributed by atoms with E-state index in [1.807, 2.05) is 49.1 Å². The molecule has 0 atom stereocenters. The summed E-state index contributed by atoms with van der Waals surface area (Å²) in [6, 6.07) is 16.3. The van der Waals surface area contributed by atoms with Crippen molar-refractivity contribution in [1.29, 1.82) is 0 Å². The number of benzene rings is 2. The minimum absolute atomic E-state index is 0.00787. The van der Waals surface area contributed by atoms with Crippen LogP contribution in [0, 0.1) is 11.7 Å². The van der Waals surface area contributed by atoms with E-state index in [1.165, 1.54) is 12.1 Å². The Morgan fingerprint density at radius 3 is 2.31 bits per heavy atom. The molecule has 1 saturated heterocycles. The fourth-order valence-corrected chi connectivity index (χ4v) is 3.84. The zero-order chi connectivity index (χ0) is 20.8. The molecule has 0 N–H and O–H groups in total. The molecule has 2 aromatic carbocycles. The highest BCUT2D eigenvalue weighted by molar-refractivity contribution is 5.81. The summed E-state index contributed by atoms with van der Waals surface area (Å²) in [5.74, 6) is -0.223. The van der Waals surface area contributed by atoms with Crippen LogP contribution < -0.4 is 0 Å². The molecule has 1 aliphatic rings. The number of likely N-dealkylation sites (tertiary alicyclic amines) is 1. The van der Waals surface area contributed by atoms with Gasteiger partial charge in [-0.2, -0.15) is 0 Å². The van der Waals surface area contributed by atoms with Gasteiger partial charge >= 0.3 is 0 Å². The third kappa shape index (κ3) is 5.66. The van der Waals surface area contributed by atoms with Crippen LogP contribution in [-0.2, 0) is 22.6 Å². The second-order valence-corrected chi connectivity index (χ2v) is 8.01. The van der Waals surface area contributed by atoms with Crippen molar-refractivity contribution in [3.8, 4) is 0 Å². The number of nitrogens with zero attached hydrogens (tertiary/aromatic N) is 2. The summed E-state index contributed by atoms with van der Waals surface area (Å²) in [6.45, 7) is 5.83. The van der Waals surface area contributed by atoms with Crippen molar-refractivity contribution in [3.63, 3.8) is 0 Å². The standard InChI is InChI=1S/C24H29FN2O2/c1-18(2)27(17-19-7-4-3-5-8-19)24(29)21-11-13-26(14-12-21)23(28)16-20-9-6-10-22(25)15-20/h3-10,15,18,21H,11-14,16-17H2,1-2H3. The average Bonchev–Trinajstić information content (AvgIpc) is 2.72. The maximum Gasteiger partial charge on any atom is 0.226 e. The molecule has 0 aliphatic carbocycles. The van der Waals surface area contributed by atoms with E-state index in [2.05, 4.69) is 0 Å². The molecule has 0 radical (unpaired) electrons. The predicted molar refractivity (Wildman–Crippen MR) is 112 cm³/mol. The van der Waals surface area contributed by atoms with Crippen molar-refractivity contribution in [2.75, 3.05) is 13.1 Å². The van der Waals surface area contributed by atoms with Gasteiger partial charge in [0.1, 0.15) is 5.82 Å². The molecule has 1 heterocycles. The highest BCUT2D eigenvalue weighted by Crippen LogP contribution is 2.23. The summed E-state index contributed by atoms with van der Waals surface area (Å²) >= 11 is 0. The molecule has 5 heteroatoms. The number of hydrogen-bond acceptors (Lipinski definition) is 2. The van der Waals surface area contributed by atoms with Crippen molar-refractivity contribution >= 4 is 11.8 Å². The van der Waals surface area contributed by atoms with E-state index in [0.29, 0.717) is 38.0 Å². The van der Waals surface area contributed by atoms with Gasteiger partial charge in [-0.05, 0) is 49.9 Å². The maximum atomic E-state index is 13.3. The van der Waals surface area contributed by atoms with Crippen LogP contribution >= 0.6 is 0 Å². The van der Waals surface area contributed by atoms with Gasteiger partial charge in [0.05, 0.1) is 6.42 Å². The Hall–Kier alpha value is -2.69. The van der Waals surface area contributed by atoms with E-state index in [-0.39, 0.29) is 36.0 Å². The van der Waals surface area contributed by atoms with Crippen molar-refractivity contribution in [2.24, 2.45) is 5.92 Å². The lowest BCUT2D eigenvalue weighted by atomic mass is 9.94. The lowest BCUT2D eigenvalue weighted by Crippen LogP contribution is -2.46. The minimum Gasteiger partial charge on any atom is -0.342 e. The summed E-state index contributed by atoms with van der Waals surface area (Å²) in [5.41, 5.74) is 1.80. The Bertz CT molecular complexity index is 830. The van der Waals surface area contributed by atoms with Gasteiger partial charge in [-0.1, -0.05) is 42.5 Å². The van der Waals surface area contributed by atoms with Gasteiger partial charge in [-0.25, -0.2) is 4.39 Å². The van der Waals surface area contributed by atoms with Crippen LogP contribution in [0.3, 0.4) is 0 Å². The van der Waals surface area contributed by atoms with Crippen LogP contribution in [0.5, 0.6) is 0 Å². The maximum absolute atomic E-state index is 13.3. The molecule has 2 aromatic rings. The van der Waals surface area contributed by atoms with Gasteiger partial charge in [0.2, 0.25) is 11.8 Å². The molecular weight excluding hydrogens is 367 g/mol. The Kier molecular flexibility index (Phi) is 7.02. The van der Waals surface area contributed by atoms with Crippen LogP contribution in [0.15, 0.2) is 54.6 Å². The number of piperidine rings is 1. The SMILES string of the molecule is CC(C)N(Cc1ccccc1)C(=O)C1CCN(C(=O)Cc2cccc(F)c2)CC1. The smallest absolute Gasteiger partial charge is 0.226 e. The van der Waals surface area contributed by atoms with Crippen LogP contribution in [-0.4, -0.2) is 40.7 Å². The molecule has 0 bridgehead atoms. The monoisotopic (exact) mass is 396 g/mol. The molecule has 4 nitrogen and oxygen atoms in total. The molecule has 0 spiro atoms. The topological polar surface area (TPSA) is 40.6 Å². The van der Waals surface area contributed by atoms with Crippen molar-refractivity contribution < 1.29 is 14.0 Å². The Morgan fingerprint density at radius 1 is 1.03 bits per heavy atom. The van der Waals surface area contributed by atoms with Crippen molar-refractivity contribution in [1.82, 2.24) is 9.80 Å². The van der Waals surface area contributed by atoms with Crippen LogP contribution in [0.25, 0.3) is 0 Å². The highest BCUT2D eigenvalue weighted by Gasteiger charge is 2.31. The predicted octanol–water partition coefficient (Wildman–Crippen LogP) is 4.04. The summed E-state index contributed by atoms with van der Waals surface area (Å²) in [4.78, 5) is 29.4. The molecule has 1 fully saturated rings. The van der Waals surface area contributed by atoms with Crippen molar-refractivity contribution in [2.45, 2.75) is 45.7 Å². The molecule has 0 saturated carbocycles. The molecule has 29 heavy (non-hydrogen) atoms. The van der Waals surface area contributed by atoms with E-state index in [9.17, 15) is 14.0 Å². The van der Waals surface area contributed by atoms with E-state index in [0.717, 1.165) is 5.56 Å². The second-order valence-electron chi connectivity index (χ2n) is 8.01. The Labute approximate surface area is 172 Å². The van der Waals surface area contributed by atoms with Gasteiger partial charge in [0, 0.05) is 31.6 Å². The van der Waals surface area contributed by atoms with Gasteiger partial charge in [-0.15, -0.1) is 0 Å². The quantitative estimate of drug-likeness (QED) is 0.739. The van der Waals surface area contributed by atoms with Gasteiger partial charge in [-0.3, -0.25) is 9.59 Å². The molecule has 2 amide bonds. The van der Waals surface area contributed by atoms with E-state index in [1.54, 1.807) is 17.0 Å². The third-order valence-corrected chi connectivity index (χ3v) is 5.54. The number of hydrogen-bond donors (Lipinski definition) is 0. The summed E-state index contributed by atoms with van der Waals surface area (Å²) in [6.07, 6.45) is 1.54. The van der Waals surface area contributed by atoms with Crippen LogP contribution in [0.4, 0.5) is 4.39 Å². The summed E-state index contributed by atoms with van der Waals surface area (Å²) in [7, 11) is 0. The van der Waals surface area contributed by atoms with Crippen LogP contribution in [0.2, 0.25) is 0 Å². The molecule has 1 aliphatic heterocycles. The first-order valence-electron chi connectivity index (χ1n) is 10.3. The molecule has 3 rings (SSSR count). The average molecular weight is 397 g/mol. The number of halogens is 1. The van der Waals surface area contributed by atoms with E-state index >= 15 is 0 Å². The number of amides is 2. The normalized spacial score (nSPS) is 14.8. The first-order chi connectivity index (χ1) is 13.9.